The van der Waals surface area contributed by atoms with Crippen molar-refractivity contribution in [3.63, 3.8) is 0 Å². The van der Waals surface area contributed by atoms with Crippen LogP contribution in [0.5, 0.6) is 0 Å². The van der Waals surface area contributed by atoms with Crippen LogP contribution in [0.4, 0.5) is 18.9 Å². The first-order valence-electron chi connectivity index (χ1n) is 11.6. The summed E-state index contributed by atoms with van der Waals surface area (Å²) in [7, 11) is -4.18. The number of sulfonamides is 1. The largest absolute Gasteiger partial charge is 0.417 e. The molecule has 0 heterocycles. The minimum absolute atomic E-state index is 0.0873. The number of hydrogen-bond donors (Lipinski definition) is 1. The maximum absolute atomic E-state index is 13.4. The Morgan fingerprint density at radius 2 is 1.70 bits per heavy atom. The number of halogens is 4. The van der Waals surface area contributed by atoms with Gasteiger partial charge in [-0.05, 0) is 50.5 Å². The van der Waals surface area contributed by atoms with E-state index in [0.717, 1.165) is 24.0 Å². The zero-order valence-corrected chi connectivity index (χ0v) is 22.6. The topological polar surface area (TPSA) is 86.8 Å². The summed E-state index contributed by atoms with van der Waals surface area (Å²) in [4.78, 5) is 27.5. The molecule has 0 aliphatic carbocycles. The van der Waals surface area contributed by atoms with E-state index in [1.54, 1.807) is 0 Å². The Hall–Kier alpha value is -2.79. The first kappa shape index (κ1) is 30.4. The first-order valence-corrected chi connectivity index (χ1v) is 13.9. The highest BCUT2D eigenvalue weighted by Gasteiger charge is 2.35. The van der Waals surface area contributed by atoms with Crippen LogP contribution >= 0.6 is 11.6 Å². The fourth-order valence-electron chi connectivity index (χ4n) is 3.53. The lowest BCUT2D eigenvalue weighted by Gasteiger charge is -2.32. The molecule has 0 spiro atoms. The van der Waals surface area contributed by atoms with Crippen LogP contribution in [0.3, 0.4) is 0 Å². The number of carbonyl (C=O) groups is 2. The van der Waals surface area contributed by atoms with E-state index in [-0.39, 0.29) is 18.3 Å². The molecule has 1 N–H and O–H groups in total. The van der Waals surface area contributed by atoms with E-state index in [4.69, 9.17) is 11.6 Å². The smallest absolute Gasteiger partial charge is 0.352 e. The van der Waals surface area contributed by atoms with Gasteiger partial charge in [0.25, 0.3) is 0 Å². The molecule has 0 radical (unpaired) electrons. The van der Waals surface area contributed by atoms with Gasteiger partial charge in [0.05, 0.1) is 22.5 Å². The highest BCUT2D eigenvalue weighted by atomic mass is 35.5. The van der Waals surface area contributed by atoms with Gasteiger partial charge in [-0.15, -0.1) is 0 Å². The van der Waals surface area contributed by atoms with Crippen LogP contribution in [0.1, 0.15) is 38.3 Å². The Bertz CT molecular complexity index is 1190. The highest BCUT2D eigenvalue weighted by Crippen LogP contribution is 2.37. The number of anilines is 1. The average Bonchev–Trinajstić information content (AvgIpc) is 2.82. The predicted molar refractivity (Wildman–Crippen MR) is 138 cm³/mol. The number of carbonyl (C=O) groups excluding carboxylic acids is 2. The van der Waals surface area contributed by atoms with Gasteiger partial charge in [0.15, 0.2) is 0 Å². The molecule has 2 aromatic rings. The van der Waals surface area contributed by atoms with E-state index < -0.39 is 51.2 Å². The molecular formula is C25H31ClF3N3O4S. The van der Waals surface area contributed by atoms with E-state index in [1.807, 2.05) is 44.2 Å². The maximum Gasteiger partial charge on any atom is 0.417 e. The van der Waals surface area contributed by atoms with Crippen LogP contribution in [-0.4, -0.2) is 56.6 Å². The normalized spacial score (nSPS) is 13.5. The molecule has 0 aliphatic heterocycles. The Morgan fingerprint density at radius 3 is 2.24 bits per heavy atom. The second-order valence-electron chi connectivity index (χ2n) is 8.75. The molecule has 0 aromatic heterocycles. The van der Waals surface area contributed by atoms with Crippen molar-refractivity contribution in [1.29, 1.82) is 0 Å². The van der Waals surface area contributed by atoms with Crippen LogP contribution in [0.25, 0.3) is 0 Å². The van der Waals surface area contributed by atoms with Crippen molar-refractivity contribution in [2.45, 2.75) is 51.9 Å². The first-order chi connectivity index (χ1) is 17.1. The van der Waals surface area contributed by atoms with Gasteiger partial charge < -0.3 is 10.2 Å². The average molecular weight is 562 g/mol. The number of amides is 2. The second-order valence-corrected chi connectivity index (χ2v) is 11.1. The van der Waals surface area contributed by atoms with Crippen LogP contribution in [0.2, 0.25) is 5.02 Å². The standard InChI is InChI=1S/C25H31ClF3N3O4S/c1-5-17(2)30-24(34)18(3)31(14-13-19-9-7-6-8-10-19)23(33)16-32(37(4,35)36)20-11-12-22(26)21(15-20)25(27,28)29/h6-12,15,17-18H,5,13-14,16H2,1-4H3,(H,30,34)/t17-,18-/m0/s1. The molecule has 0 unspecified atom stereocenters. The summed E-state index contributed by atoms with van der Waals surface area (Å²) in [5, 5.41) is 2.20. The van der Waals surface area contributed by atoms with Crippen molar-refractivity contribution in [3.8, 4) is 0 Å². The molecule has 2 atom stereocenters. The molecule has 2 rings (SSSR count). The van der Waals surface area contributed by atoms with Gasteiger partial charge in [0.1, 0.15) is 12.6 Å². The molecule has 0 saturated carbocycles. The van der Waals surface area contributed by atoms with Crippen LogP contribution < -0.4 is 9.62 Å². The van der Waals surface area contributed by atoms with E-state index in [1.165, 1.54) is 11.8 Å². The lowest BCUT2D eigenvalue weighted by molar-refractivity contribution is -0.139. The number of rotatable bonds is 11. The van der Waals surface area contributed by atoms with Gasteiger partial charge in [-0.1, -0.05) is 48.9 Å². The Kier molecular flexibility index (Phi) is 10.4. The monoisotopic (exact) mass is 561 g/mol. The fourth-order valence-corrected chi connectivity index (χ4v) is 4.60. The van der Waals surface area contributed by atoms with Gasteiger partial charge in [0.2, 0.25) is 21.8 Å². The number of alkyl halides is 3. The van der Waals surface area contributed by atoms with Crippen LogP contribution in [0, 0.1) is 0 Å². The van der Waals surface area contributed by atoms with Crippen molar-refractivity contribution in [1.82, 2.24) is 10.2 Å². The second kappa shape index (κ2) is 12.6. The van der Waals surface area contributed by atoms with Crippen molar-refractivity contribution >= 4 is 39.1 Å². The molecule has 2 amide bonds. The molecule has 0 saturated heterocycles. The predicted octanol–water partition coefficient (Wildman–Crippen LogP) is 4.50. The van der Waals surface area contributed by atoms with Gasteiger partial charge in [-0.2, -0.15) is 13.2 Å². The molecule has 12 heteroatoms. The van der Waals surface area contributed by atoms with Crippen molar-refractivity contribution in [2.75, 3.05) is 23.7 Å². The zero-order chi connectivity index (χ0) is 28.0. The summed E-state index contributed by atoms with van der Waals surface area (Å²) in [6, 6.07) is 10.7. The summed E-state index contributed by atoms with van der Waals surface area (Å²) in [5.41, 5.74) is -0.704. The Morgan fingerprint density at radius 1 is 1.08 bits per heavy atom. The summed E-state index contributed by atoms with van der Waals surface area (Å²) in [6.45, 7) is 4.51. The summed E-state index contributed by atoms with van der Waals surface area (Å²) < 4.78 is 65.9. The van der Waals surface area contributed by atoms with E-state index >= 15 is 0 Å². The molecular weight excluding hydrogens is 531 g/mol. The minimum Gasteiger partial charge on any atom is -0.352 e. The van der Waals surface area contributed by atoms with Crippen LogP contribution in [0.15, 0.2) is 48.5 Å². The van der Waals surface area contributed by atoms with Crippen molar-refractivity contribution in [3.05, 3.63) is 64.7 Å². The molecule has 2 aromatic carbocycles. The number of hydrogen-bond acceptors (Lipinski definition) is 4. The summed E-state index contributed by atoms with van der Waals surface area (Å²) in [6.07, 6.45) is -3.00. The third kappa shape index (κ3) is 8.63. The molecule has 7 nitrogen and oxygen atoms in total. The molecule has 204 valence electrons. The van der Waals surface area contributed by atoms with E-state index in [2.05, 4.69) is 5.32 Å². The summed E-state index contributed by atoms with van der Waals surface area (Å²) in [5.74, 6) is -1.16. The van der Waals surface area contributed by atoms with E-state index in [9.17, 15) is 31.2 Å². The molecule has 0 aliphatic rings. The maximum atomic E-state index is 13.4. The Labute approximate surface area is 220 Å². The van der Waals surface area contributed by atoms with E-state index in [0.29, 0.717) is 23.2 Å². The summed E-state index contributed by atoms with van der Waals surface area (Å²) >= 11 is 5.68. The number of nitrogens with zero attached hydrogens (tertiary/aromatic N) is 2. The number of benzene rings is 2. The lowest BCUT2D eigenvalue weighted by atomic mass is 10.1. The van der Waals surface area contributed by atoms with Gasteiger partial charge >= 0.3 is 6.18 Å². The number of nitrogens with one attached hydrogen (secondary N) is 1. The third-order valence-corrected chi connectivity index (χ3v) is 7.35. The SMILES string of the molecule is CC[C@H](C)NC(=O)[C@H](C)N(CCc1ccccc1)C(=O)CN(c1ccc(Cl)c(C(F)(F)F)c1)S(C)(=O)=O. The highest BCUT2D eigenvalue weighted by molar-refractivity contribution is 7.92. The van der Waals surface area contributed by atoms with Crippen molar-refractivity contribution in [2.24, 2.45) is 0 Å². The Balaban J connectivity index is 2.40. The molecule has 0 fully saturated rings. The third-order valence-electron chi connectivity index (χ3n) is 5.88. The molecule has 37 heavy (non-hydrogen) atoms. The zero-order valence-electron chi connectivity index (χ0n) is 21.0. The van der Waals surface area contributed by atoms with Crippen molar-refractivity contribution < 1.29 is 31.2 Å². The minimum atomic E-state index is -4.83. The van der Waals surface area contributed by atoms with Gasteiger partial charge in [-0.3, -0.25) is 13.9 Å². The quantitative estimate of drug-likeness (QED) is 0.438. The van der Waals surface area contributed by atoms with Gasteiger partial charge in [-0.25, -0.2) is 8.42 Å². The molecule has 0 bridgehead atoms. The van der Waals surface area contributed by atoms with Gasteiger partial charge in [0, 0.05) is 12.6 Å². The fraction of sp³-hybridized carbons (Fsp3) is 0.440. The lowest BCUT2D eigenvalue weighted by Crippen LogP contribution is -2.53. The van der Waals surface area contributed by atoms with Crippen LogP contribution in [-0.2, 0) is 32.2 Å².